The van der Waals surface area contributed by atoms with Crippen molar-refractivity contribution >= 4 is 10.0 Å². The third kappa shape index (κ3) is 4.39. The summed E-state index contributed by atoms with van der Waals surface area (Å²) >= 11 is 0. The van der Waals surface area contributed by atoms with Gasteiger partial charge in [-0.15, -0.1) is 0 Å². The largest absolute Gasteiger partial charge is 0.316 e. The molecule has 1 saturated carbocycles. The van der Waals surface area contributed by atoms with Gasteiger partial charge in [-0.3, -0.25) is 0 Å². The lowest BCUT2D eigenvalue weighted by Crippen LogP contribution is -2.36. The zero-order valence-corrected chi connectivity index (χ0v) is 9.57. The van der Waals surface area contributed by atoms with Crippen LogP contribution in [0, 0.1) is 5.92 Å². The van der Waals surface area contributed by atoms with E-state index in [9.17, 15) is 8.42 Å². The molecule has 84 valence electrons. The molecule has 4 nitrogen and oxygen atoms in total. The summed E-state index contributed by atoms with van der Waals surface area (Å²) in [6, 6.07) is 0. The monoisotopic (exact) mass is 220 g/mol. The third-order valence-electron chi connectivity index (χ3n) is 2.61. The Morgan fingerprint density at radius 1 is 1.36 bits per heavy atom. The van der Waals surface area contributed by atoms with Gasteiger partial charge in [-0.25, -0.2) is 13.1 Å². The first-order valence-corrected chi connectivity index (χ1v) is 6.97. The molecule has 0 saturated heterocycles. The molecule has 0 bridgehead atoms. The molecular formula is C9H20N2O2S. The SMILES string of the molecule is CCNCCS(=O)(=O)NCC1CCC1. The number of hydrogen-bond acceptors (Lipinski definition) is 3. The van der Waals surface area contributed by atoms with E-state index >= 15 is 0 Å². The maximum absolute atomic E-state index is 11.4. The molecule has 0 aromatic heterocycles. The second kappa shape index (κ2) is 5.68. The first kappa shape index (κ1) is 11.9. The standard InChI is InChI=1S/C9H20N2O2S/c1-2-10-6-7-14(12,13)11-8-9-4-3-5-9/h9-11H,2-8H2,1H3. The molecule has 0 spiro atoms. The summed E-state index contributed by atoms with van der Waals surface area (Å²) in [5.74, 6) is 0.775. The van der Waals surface area contributed by atoms with Crippen LogP contribution in [0.4, 0.5) is 0 Å². The molecule has 2 N–H and O–H groups in total. The van der Waals surface area contributed by atoms with Gasteiger partial charge in [0.05, 0.1) is 5.75 Å². The maximum Gasteiger partial charge on any atom is 0.212 e. The van der Waals surface area contributed by atoms with Crippen LogP contribution in [0.15, 0.2) is 0 Å². The molecule has 0 amide bonds. The summed E-state index contributed by atoms with van der Waals surface area (Å²) in [6.07, 6.45) is 3.61. The van der Waals surface area contributed by atoms with Crippen LogP contribution in [0.5, 0.6) is 0 Å². The average Bonchev–Trinajstić information content (AvgIpc) is 2.01. The van der Waals surface area contributed by atoms with E-state index in [0.29, 0.717) is 19.0 Å². The highest BCUT2D eigenvalue weighted by atomic mass is 32.2. The molecule has 1 fully saturated rings. The Morgan fingerprint density at radius 2 is 2.07 bits per heavy atom. The highest BCUT2D eigenvalue weighted by Crippen LogP contribution is 2.25. The van der Waals surface area contributed by atoms with Gasteiger partial charge in [-0.2, -0.15) is 0 Å². The molecule has 5 heteroatoms. The molecule has 0 radical (unpaired) electrons. The van der Waals surface area contributed by atoms with Crippen LogP contribution in [0.1, 0.15) is 26.2 Å². The minimum Gasteiger partial charge on any atom is -0.316 e. The fourth-order valence-electron chi connectivity index (χ4n) is 1.40. The van der Waals surface area contributed by atoms with Crippen LogP contribution in [0.25, 0.3) is 0 Å². The second-order valence-electron chi connectivity index (χ2n) is 3.82. The predicted octanol–water partition coefficient (Wildman–Crippen LogP) is 0.315. The van der Waals surface area contributed by atoms with Crippen molar-refractivity contribution in [2.24, 2.45) is 5.92 Å². The van der Waals surface area contributed by atoms with E-state index in [1.54, 1.807) is 0 Å². The van der Waals surface area contributed by atoms with Crippen LogP contribution in [-0.4, -0.2) is 33.8 Å². The Kier molecular flexibility index (Phi) is 4.84. The van der Waals surface area contributed by atoms with Crippen molar-refractivity contribution in [3.8, 4) is 0 Å². The lowest BCUT2D eigenvalue weighted by molar-refractivity contribution is 0.316. The van der Waals surface area contributed by atoms with Crippen LogP contribution >= 0.6 is 0 Å². The lowest BCUT2D eigenvalue weighted by Gasteiger charge is -2.25. The molecule has 1 aliphatic carbocycles. The fraction of sp³-hybridized carbons (Fsp3) is 1.00. The van der Waals surface area contributed by atoms with Crippen molar-refractivity contribution in [2.75, 3.05) is 25.4 Å². The number of nitrogens with one attached hydrogen (secondary N) is 2. The van der Waals surface area contributed by atoms with Crippen molar-refractivity contribution in [1.29, 1.82) is 0 Å². The van der Waals surface area contributed by atoms with Crippen LogP contribution in [-0.2, 0) is 10.0 Å². The average molecular weight is 220 g/mol. The summed E-state index contributed by atoms with van der Waals surface area (Å²) < 4.78 is 25.4. The first-order valence-electron chi connectivity index (χ1n) is 5.32. The van der Waals surface area contributed by atoms with E-state index in [-0.39, 0.29) is 5.75 Å². The van der Waals surface area contributed by atoms with Crippen molar-refractivity contribution in [1.82, 2.24) is 10.0 Å². The zero-order chi connectivity index (χ0) is 10.4. The molecule has 0 aromatic carbocycles. The normalized spacial score (nSPS) is 18.1. The summed E-state index contributed by atoms with van der Waals surface area (Å²) in [4.78, 5) is 0. The van der Waals surface area contributed by atoms with Crippen molar-refractivity contribution in [3.63, 3.8) is 0 Å². The van der Waals surface area contributed by atoms with Crippen LogP contribution in [0.3, 0.4) is 0 Å². The highest BCUT2D eigenvalue weighted by Gasteiger charge is 2.19. The van der Waals surface area contributed by atoms with Gasteiger partial charge in [0, 0.05) is 13.1 Å². The predicted molar refractivity (Wildman–Crippen MR) is 57.7 cm³/mol. The van der Waals surface area contributed by atoms with E-state index < -0.39 is 10.0 Å². The van der Waals surface area contributed by atoms with E-state index in [1.165, 1.54) is 19.3 Å². The number of rotatable bonds is 7. The molecular weight excluding hydrogens is 200 g/mol. The van der Waals surface area contributed by atoms with Gasteiger partial charge in [0.15, 0.2) is 0 Å². The van der Waals surface area contributed by atoms with Crippen molar-refractivity contribution in [2.45, 2.75) is 26.2 Å². The number of sulfonamides is 1. The Balaban J connectivity index is 2.12. The summed E-state index contributed by atoms with van der Waals surface area (Å²) in [5, 5.41) is 3.00. The maximum atomic E-state index is 11.4. The van der Waals surface area contributed by atoms with Gasteiger partial charge >= 0.3 is 0 Å². The molecule has 0 aromatic rings. The Labute approximate surface area is 86.5 Å². The fourth-order valence-corrected chi connectivity index (χ4v) is 2.44. The van der Waals surface area contributed by atoms with E-state index in [2.05, 4.69) is 10.0 Å². The van der Waals surface area contributed by atoms with Gasteiger partial charge in [-0.05, 0) is 25.3 Å². The first-order chi connectivity index (χ1) is 6.64. The summed E-state index contributed by atoms with van der Waals surface area (Å²) in [7, 11) is -3.04. The molecule has 1 rings (SSSR count). The summed E-state index contributed by atoms with van der Waals surface area (Å²) in [5.41, 5.74) is 0. The highest BCUT2D eigenvalue weighted by molar-refractivity contribution is 7.89. The topological polar surface area (TPSA) is 58.2 Å². The third-order valence-corrected chi connectivity index (χ3v) is 3.96. The molecule has 0 unspecified atom stereocenters. The Morgan fingerprint density at radius 3 is 2.57 bits per heavy atom. The van der Waals surface area contributed by atoms with Gasteiger partial charge in [-0.1, -0.05) is 13.3 Å². The molecule has 0 aliphatic heterocycles. The van der Waals surface area contributed by atoms with Gasteiger partial charge in [0.1, 0.15) is 0 Å². The molecule has 0 heterocycles. The second-order valence-corrected chi connectivity index (χ2v) is 5.74. The van der Waals surface area contributed by atoms with Crippen molar-refractivity contribution in [3.05, 3.63) is 0 Å². The minimum atomic E-state index is -3.04. The summed E-state index contributed by atoms with van der Waals surface area (Å²) in [6.45, 7) is 3.96. The molecule has 0 atom stereocenters. The van der Waals surface area contributed by atoms with Gasteiger partial charge in [0.2, 0.25) is 10.0 Å². The Hall–Kier alpha value is -0.130. The number of hydrogen-bond donors (Lipinski definition) is 2. The van der Waals surface area contributed by atoms with E-state index in [1.807, 2.05) is 6.92 Å². The van der Waals surface area contributed by atoms with Gasteiger partial charge in [0.25, 0.3) is 0 Å². The quantitative estimate of drug-likeness (QED) is 0.607. The Bertz CT molecular complexity index is 248. The van der Waals surface area contributed by atoms with Gasteiger partial charge < -0.3 is 5.32 Å². The van der Waals surface area contributed by atoms with E-state index in [0.717, 1.165) is 6.54 Å². The lowest BCUT2D eigenvalue weighted by atomic mass is 9.86. The van der Waals surface area contributed by atoms with Crippen LogP contribution < -0.4 is 10.0 Å². The van der Waals surface area contributed by atoms with E-state index in [4.69, 9.17) is 0 Å². The molecule has 14 heavy (non-hydrogen) atoms. The van der Waals surface area contributed by atoms with Crippen LogP contribution in [0.2, 0.25) is 0 Å². The smallest absolute Gasteiger partial charge is 0.212 e. The van der Waals surface area contributed by atoms with Crippen molar-refractivity contribution < 1.29 is 8.42 Å². The zero-order valence-electron chi connectivity index (χ0n) is 8.75. The minimum absolute atomic E-state index is 0.188. The molecule has 1 aliphatic rings.